The Morgan fingerprint density at radius 3 is 2.57 bits per heavy atom. The molecule has 14 heavy (non-hydrogen) atoms. The normalized spacial score (nSPS) is 13.1. The Morgan fingerprint density at radius 2 is 2.21 bits per heavy atom. The van der Waals surface area contributed by atoms with Gasteiger partial charge in [0.25, 0.3) is 0 Å². The summed E-state index contributed by atoms with van der Waals surface area (Å²) in [4.78, 5) is 11.2. The van der Waals surface area contributed by atoms with Gasteiger partial charge in [-0.25, -0.2) is 4.79 Å². The molecule has 0 aliphatic rings. The average Bonchev–Trinajstić information content (AvgIpc) is 2.03. The van der Waals surface area contributed by atoms with Crippen molar-refractivity contribution in [2.75, 3.05) is 12.4 Å². The van der Waals surface area contributed by atoms with E-state index in [1.54, 1.807) is 6.08 Å². The second-order valence-electron chi connectivity index (χ2n) is 4.03. The van der Waals surface area contributed by atoms with Gasteiger partial charge in [0.05, 0.1) is 0 Å². The predicted molar refractivity (Wildman–Crippen MR) is 58.6 cm³/mol. The molecule has 1 amide bonds. The summed E-state index contributed by atoms with van der Waals surface area (Å²) in [6.45, 7) is 9.52. The summed E-state index contributed by atoms with van der Waals surface area (Å²) in [5.41, 5.74) is -0.464. The van der Waals surface area contributed by atoms with Gasteiger partial charge in [0.15, 0.2) is 0 Å². The van der Waals surface area contributed by atoms with E-state index in [-0.39, 0.29) is 5.92 Å². The maximum atomic E-state index is 11.2. The molecular formula is C10H18ClNO2. The van der Waals surface area contributed by atoms with Crippen LogP contribution in [0.3, 0.4) is 0 Å². The van der Waals surface area contributed by atoms with Crippen LogP contribution < -0.4 is 5.32 Å². The zero-order valence-electron chi connectivity index (χ0n) is 8.97. The molecule has 4 heteroatoms. The minimum absolute atomic E-state index is 0.0872. The molecule has 0 rings (SSSR count). The Kier molecular flexibility index (Phi) is 5.62. The molecule has 0 spiro atoms. The minimum Gasteiger partial charge on any atom is -0.444 e. The van der Waals surface area contributed by atoms with Crippen molar-refractivity contribution in [1.29, 1.82) is 0 Å². The number of hydrogen-bond acceptors (Lipinski definition) is 2. The van der Waals surface area contributed by atoms with Crippen molar-refractivity contribution in [3.63, 3.8) is 0 Å². The standard InChI is InChI=1S/C10H18ClNO2/c1-5-8(6-11)7-12-9(13)14-10(2,3)4/h5,8H,1,6-7H2,2-4H3,(H,12,13)/t8-/m0/s1. The third-order valence-corrected chi connectivity index (χ3v) is 1.84. The third kappa shape index (κ3) is 6.78. The lowest BCUT2D eigenvalue weighted by Crippen LogP contribution is -2.35. The molecule has 0 aliphatic carbocycles. The van der Waals surface area contributed by atoms with Gasteiger partial charge in [0, 0.05) is 18.3 Å². The van der Waals surface area contributed by atoms with Crippen LogP contribution in [-0.4, -0.2) is 24.1 Å². The van der Waals surface area contributed by atoms with E-state index in [4.69, 9.17) is 16.3 Å². The van der Waals surface area contributed by atoms with Gasteiger partial charge >= 0.3 is 6.09 Å². The van der Waals surface area contributed by atoms with E-state index in [0.29, 0.717) is 12.4 Å². The zero-order chi connectivity index (χ0) is 11.2. The number of carbonyl (C=O) groups is 1. The zero-order valence-corrected chi connectivity index (χ0v) is 9.73. The number of carbonyl (C=O) groups excluding carboxylic acids is 1. The van der Waals surface area contributed by atoms with Gasteiger partial charge in [-0.2, -0.15) is 0 Å². The van der Waals surface area contributed by atoms with Gasteiger partial charge in [-0.15, -0.1) is 18.2 Å². The average molecular weight is 220 g/mol. The molecule has 0 aromatic rings. The quantitative estimate of drug-likeness (QED) is 0.583. The van der Waals surface area contributed by atoms with Crippen LogP contribution in [0.15, 0.2) is 12.7 Å². The molecule has 1 atom stereocenters. The van der Waals surface area contributed by atoms with Crippen LogP contribution in [0, 0.1) is 5.92 Å². The van der Waals surface area contributed by atoms with Gasteiger partial charge in [-0.05, 0) is 20.8 Å². The van der Waals surface area contributed by atoms with Crippen LogP contribution in [0.4, 0.5) is 4.79 Å². The Morgan fingerprint density at radius 1 is 1.64 bits per heavy atom. The predicted octanol–water partition coefficient (Wildman–Crippen LogP) is 2.55. The number of ether oxygens (including phenoxy) is 1. The number of halogens is 1. The molecule has 0 unspecified atom stereocenters. The monoisotopic (exact) mass is 219 g/mol. The number of amides is 1. The van der Waals surface area contributed by atoms with E-state index in [1.807, 2.05) is 20.8 Å². The van der Waals surface area contributed by atoms with E-state index < -0.39 is 11.7 Å². The number of alkyl carbamates (subject to hydrolysis) is 1. The van der Waals surface area contributed by atoms with Crippen molar-refractivity contribution < 1.29 is 9.53 Å². The smallest absolute Gasteiger partial charge is 0.407 e. The fourth-order valence-electron chi connectivity index (χ4n) is 0.729. The summed E-state index contributed by atoms with van der Waals surface area (Å²) < 4.78 is 5.05. The third-order valence-electron chi connectivity index (χ3n) is 1.44. The number of hydrogen-bond donors (Lipinski definition) is 1. The second kappa shape index (κ2) is 5.91. The van der Waals surface area contributed by atoms with Crippen LogP contribution in [0.25, 0.3) is 0 Å². The summed E-state index contributed by atoms with van der Waals surface area (Å²) in [5.74, 6) is 0.531. The van der Waals surface area contributed by atoms with E-state index >= 15 is 0 Å². The van der Waals surface area contributed by atoms with E-state index in [9.17, 15) is 4.79 Å². The van der Waals surface area contributed by atoms with Gasteiger partial charge < -0.3 is 10.1 Å². The lowest BCUT2D eigenvalue weighted by Gasteiger charge is -2.20. The molecule has 3 nitrogen and oxygen atoms in total. The molecule has 0 aliphatic heterocycles. The largest absolute Gasteiger partial charge is 0.444 e. The van der Waals surface area contributed by atoms with Crippen LogP contribution in [0.1, 0.15) is 20.8 Å². The van der Waals surface area contributed by atoms with E-state index in [1.165, 1.54) is 0 Å². The SMILES string of the molecule is C=C[C@@H](CCl)CNC(=O)OC(C)(C)C. The Bertz CT molecular complexity index is 199. The molecule has 0 aromatic carbocycles. The lowest BCUT2D eigenvalue weighted by molar-refractivity contribution is 0.0524. The first-order valence-electron chi connectivity index (χ1n) is 4.54. The van der Waals surface area contributed by atoms with Crippen LogP contribution in [-0.2, 0) is 4.74 Å². The molecule has 0 fully saturated rings. The summed E-state index contributed by atoms with van der Waals surface area (Å²) in [7, 11) is 0. The molecule has 82 valence electrons. The Hall–Kier alpha value is -0.700. The number of nitrogens with one attached hydrogen (secondary N) is 1. The van der Waals surface area contributed by atoms with Crippen LogP contribution in [0.5, 0.6) is 0 Å². The van der Waals surface area contributed by atoms with Crippen molar-refractivity contribution in [3.8, 4) is 0 Å². The molecule has 0 aromatic heterocycles. The Balaban J connectivity index is 3.79. The fourth-order valence-corrected chi connectivity index (χ4v) is 0.965. The summed E-state index contributed by atoms with van der Waals surface area (Å²) in [6.07, 6.45) is 1.29. The molecule has 1 N–H and O–H groups in total. The fraction of sp³-hybridized carbons (Fsp3) is 0.700. The van der Waals surface area contributed by atoms with Crippen molar-refractivity contribution in [2.45, 2.75) is 26.4 Å². The summed E-state index contributed by atoms with van der Waals surface area (Å²) in [5, 5.41) is 2.62. The highest BCUT2D eigenvalue weighted by Gasteiger charge is 2.16. The number of alkyl halides is 1. The summed E-state index contributed by atoms with van der Waals surface area (Å²) >= 11 is 5.62. The lowest BCUT2D eigenvalue weighted by atomic mass is 10.2. The minimum atomic E-state index is -0.464. The van der Waals surface area contributed by atoms with E-state index in [0.717, 1.165) is 0 Å². The molecule has 0 heterocycles. The van der Waals surface area contributed by atoms with E-state index in [2.05, 4.69) is 11.9 Å². The molecular weight excluding hydrogens is 202 g/mol. The van der Waals surface area contributed by atoms with Crippen molar-refractivity contribution >= 4 is 17.7 Å². The molecule has 0 saturated carbocycles. The topological polar surface area (TPSA) is 38.3 Å². The van der Waals surface area contributed by atoms with Crippen molar-refractivity contribution in [3.05, 3.63) is 12.7 Å². The van der Waals surface area contributed by atoms with Crippen molar-refractivity contribution in [2.24, 2.45) is 5.92 Å². The first-order valence-corrected chi connectivity index (χ1v) is 5.08. The van der Waals surface area contributed by atoms with Crippen molar-refractivity contribution in [1.82, 2.24) is 5.32 Å². The maximum absolute atomic E-state index is 11.2. The Labute approximate surface area is 90.5 Å². The molecule has 0 saturated heterocycles. The first-order chi connectivity index (χ1) is 6.39. The number of rotatable bonds is 4. The second-order valence-corrected chi connectivity index (χ2v) is 4.34. The summed E-state index contributed by atoms with van der Waals surface area (Å²) in [6, 6.07) is 0. The highest BCUT2D eigenvalue weighted by atomic mass is 35.5. The van der Waals surface area contributed by atoms with Crippen LogP contribution >= 0.6 is 11.6 Å². The maximum Gasteiger partial charge on any atom is 0.407 e. The van der Waals surface area contributed by atoms with Gasteiger partial charge in [0.1, 0.15) is 5.60 Å². The molecule has 0 bridgehead atoms. The highest BCUT2D eigenvalue weighted by molar-refractivity contribution is 6.18. The van der Waals surface area contributed by atoms with Gasteiger partial charge in [-0.1, -0.05) is 6.08 Å². The van der Waals surface area contributed by atoms with Gasteiger partial charge in [-0.3, -0.25) is 0 Å². The first kappa shape index (κ1) is 13.3. The molecule has 0 radical (unpaired) electrons. The van der Waals surface area contributed by atoms with Crippen LogP contribution in [0.2, 0.25) is 0 Å². The van der Waals surface area contributed by atoms with Gasteiger partial charge in [0.2, 0.25) is 0 Å². The highest BCUT2D eigenvalue weighted by Crippen LogP contribution is 2.07.